The molecule has 0 aliphatic heterocycles. The van der Waals surface area contributed by atoms with Crippen LogP contribution in [0.1, 0.15) is 11.1 Å². The van der Waals surface area contributed by atoms with E-state index >= 15 is 0 Å². The lowest BCUT2D eigenvalue weighted by Gasteiger charge is -2.10. The Hall–Kier alpha value is -2.02. The van der Waals surface area contributed by atoms with E-state index in [1.165, 1.54) is 0 Å². The zero-order chi connectivity index (χ0) is 14.2. The second-order valence-corrected chi connectivity index (χ2v) is 4.66. The molecule has 0 aromatic heterocycles. The molecule has 0 atom stereocenters. The van der Waals surface area contributed by atoms with Crippen molar-refractivity contribution < 1.29 is 4.74 Å². The quantitative estimate of drug-likeness (QED) is 0.883. The molecule has 102 valence electrons. The Morgan fingerprint density at radius 2 is 1.65 bits per heavy atom. The van der Waals surface area contributed by atoms with Gasteiger partial charge in [0.15, 0.2) is 6.61 Å². The Labute approximate surface area is 123 Å². The van der Waals surface area contributed by atoms with E-state index in [1.54, 1.807) is 0 Å². The minimum absolute atomic E-state index is 0.0571. The Kier molecular flexibility index (Phi) is 5.43. The number of nitrogens with zero attached hydrogens (tertiary/aromatic N) is 1. The Balaban J connectivity index is 1.94. The molecule has 2 aromatic rings. The van der Waals surface area contributed by atoms with Crippen LogP contribution in [0, 0.1) is 11.3 Å². The molecule has 0 bridgehead atoms. The molecule has 0 aliphatic rings. The van der Waals surface area contributed by atoms with Crippen molar-refractivity contribution in [3.05, 3.63) is 64.7 Å². The van der Waals surface area contributed by atoms with E-state index in [0.717, 1.165) is 21.9 Å². The van der Waals surface area contributed by atoms with Crippen LogP contribution in [0.3, 0.4) is 0 Å². The fourth-order valence-electron chi connectivity index (χ4n) is 1.87. The largest absolute Gasteiger partial charge is 0.478 e. The molecule has 0 saturated carbocycles. The highest BCUT2D eigenvalue weighted by atomic mass is 35.5. The van der Waals surface area contributed by atoms with E-state index in [1.807, 2.05) is 54.6 Å². The normalized spacial score (nSPS) is 10.0. The molecule has 20 heavy (non-hydrogen) atoms. The van der Waals surface area contributed by atoms with Crippen LogP contribution in [0.5, 0.6) is 5.75 Å². The Morgan fingerprint density at radius 3 is 2.40 bits per heavy atom. The first-order chi connectivity index (χ1) is 9.81. The molecule has 4 heteroatoms. The van der Waals surface area contributed by atoms with E-state index in [4.69, 9.17) is 21.6 Å². The van der Waals surface area contributed by atoms with Gasteiger partial charge in [-0.25, -0.2) is 0 Å². The first-order valence-corrected chi connectivity index (χ1v) is 6.71. The van der Waals surface area contributed by atoms with Gasteiger partial charge in [-0.05, 0) is 17.7 Å². The highest BCUT2D eigenvalue weighted by Crippen LogP contribution is 2.18. The third-order valence-electron chi connectivity index (χ3n) is 2.85. The van der Waals surface area contributed by atoms with E-state index in [-0.39, 0.29) is 6.61 Å². The van der Waals surface area contributed by atoms with Gasteiger partial charge in [-0.3, -0.25) is 0 Å². The molecule has 0 fully saturated rings. The van der Waals surface area contributed by atoms with Gasteiger partial charge < -0.3 is 10.1 Å². The van der Waals surface area contributed by atoms with Crippen molar-refractivity contribution in [1.82, 2.24) is 5.32 Å². The lowest BCUT2D eigenvalue weighted by Crippen LogP contribution is -2.14. The van der Waals surface area contributed by atoms with Crippen molar-refractivity contribution in [3.8, 4) is 11.8 Å². The number of nitriles is 1. The van der Waals surface area contributed by atoms with E-state index in [2.05, 4.69) is 5.32 Å². The topological polar surface area (TPSA) is 45.0 Å². The number of nitrogens with one attached hydrogen (secondary N) is 1. The number of halogens is 1. The van der Waals surface area contributed by atoms with Crippen LogP contribution in [0.4, 0.5) is 0 Å². The summed E-state index contributed by atoms with van der Waals surface area (Å²) in [5, 5.41) is 12.7. The van der Waals surface area contributed by atoms with Crippen LogP contribution >= 0.6 is 11.6 Å². The van der Waals surface area contributed by atoms with Crippen LogP contribution in [0.2, 0.25) is 5.02 Å². The summed E-state index contributed by atoms with van der Waals surface area (Å²) >= 11 is 6.11. The van der Waals surface area contributed by atoms with Crippen molar-refractivity contribution in [2.45, 2.75) is 13.1 Å². The Morgan fingerprint density at radius 1 is 1.00 bits per heavy atom. The molecule has 0 spiro atoms. The number of ether oxygens (including phenoxy) is 1. The molecule has 3 nitrogen and oxygen atoms in total. The van der Waals surface area contributed by atoms with Crippen LogP contribution in [0.15, 0.2) is 48.5 Å². The van der Waals surface area contributed by atoms with Gasteiger partial charge in [-0.2, -0.15) is 5.26 Å². The van der Waals surface area contributed by atoms with Gasteiger partial charge in [-0.1, -0.05) is 48.0 Å². The summed E-state index contributed by atoms with van der Waals surface area (Å²) in [7, 11) is 0. The van der Waals surface area contributed by atoms with Crippen LogP contribution in [0.25, 0.3) is 0 Å². The summed E-state index contributed by atoms with van der Waals surface area (Å²) in [6.07, 6.45) is 0. The first-order valence-electron chi connectivity index (χ1n) is 6.33. The number of para-hydroxylation sites is 1. The van der Waals surface area contributed by atoms with Crippen molar-refractivity contribution in [1.29, 1.82) is 5.26 Å². The fourth-order valence-corrected chi connectivity index (χ4v) is 2.08. The molecule has 0 unspecified atom stereocenters. The standard InChI is InChI=1S/C16H15ClN2O/c17-15-7-3-1-5-13(15)11-19-12-14-6-2-4-8-16(14)20-10-9-18/h1-8,19H,10-12H2. The van der Waals surface area contributed by atoms with E-state index in [0.29, 0.717) is 13.1 Å². The molecule has 2 aromatic carbocycles. The molecule has 1 N–H and O–H groups in total. The van der Waals surface area contributed by atoms with Gasteiger partial charge in [0.25, 0.3) is 0 Å². The zero-order valence-corrected chi connectivity index (χ0v) is 11.7. The van der Waals surface area contributed by atoms with Crippen molar-refractivity contribution in [3.63, 3.8) is 0 Å². The van der Waals surface area contributed by atoms with Gasteiger partial charge in [0.1, 0.15) is 11.8 Å². The summed E-state index contributed by atoms with van der Waals surface area (Å²) < 4.78 is 5.39. The van der Waals surface area contributed by atoms with Crippen molar-refractivity contribution >= 4 is 11.6 Å². The monoisotopic (exact) mass is 286 g/mol. The minimum atomic E-state index is 0.0571. The van der Waals surface area contributed by atoms with Crippen molar-refractivity contribution in [2.24, 2.45) is 0 Å². The fraction of sp³-hybridized carbons (Fsp3) is 0.188. The number of benzene rings is 2. The second-order valence-electron chi connectivity index (χ2n) is 4.25. The maximum absolute atomic E-state index is 8.57. The highest BCUT2D eigenvalue weighted by molar-refractivity contribution is 6.31. The number of hydrogen-bond acceptors (Lipinski definition) is 3. The summed E-state index contributed by atoms with van der Waals surface area (Å²) in [5.74, 6) is 0.737. The molecule has 2 rings (SSSR count). The Bertz CT molecular complexity index is 607. The molecule has 0 saturated heterocycles. The van der Waals surface area contributed by atoms with Crippen molar-refractivity contribution in [2.75, 3.05) is 6.61 Å². The smallest absolute Gasteiger partial charge is 0.174 e. The molecular weight excluding hydrogens is 272 g/mol. The average Bonchev–Trinajstić information content (AvgIpc) is 2.48. The van der Waals surface area contributed by atoms with Gasteiger partial charge in [0.2, 0.25) is 0 Å². The molecule has 0 radical (unpaired) electrons. The third-order valence-corrected chi connectivity index (χ3v) is 3.22. The molecular formula is C16H15ClN2O. The molecule has 0 amide bonds. The van der Waals surface area contributed by atoms with Gasteiger partial charge in [-0.15, -0.1) is 0 Å². The maximum Gasteiger partial charge on any atom is 0.174 e. The van der Waals surface area contributed by atoms with Gasteiger partial charge in [0.05, 0.1) is 0 Å². The van der Waals surface area contributed by atoms with E-state index in [9.17, 15) is 0 Å². The van der Waals surface area contributed by atoms with Gasteiger partial charge >= 0.3 is 0 Å². The number of hydrogen-bond donors (Lipinski definition) is 1. The average molecular weight is 287 g/mol. The zero-order valence-electron chi connectivity index (χ0n) is 11.0. The lowest BCUT2D eigenvalue weighted by atomic mass is 10.2. The predicted molar refractivity (Wildman–Crippen MR) is 79.5 cm³/mol. The second kappa shape index (κ2) is 7.54. The lowest BCUT2D eigenvalue weighted by molar-refractivity contribution is 0.362. The number of rotatable bonds is 6. The predicted octanol–water partition coefficient (Wildman–Crippen LogP) is 3.53. The third kappa shape index (κ3) is 3.99. The maximum atomic E-state index is 8.57. The highest BCUT2D eigenvalue weighted by Gasteiger charge is 2.03. The van der Waals surface area contributed by atoms with Crippen LogP contribution in [-0.4, -0.2) is 6.61 Å². The molecule has 0 aliphatic carbocycles. The molecule has 0 heterocycles. The van der Waals surface area contributed by atoms with E-state index < -0.39 is 0 Å². The first kappa shape index (κ1) is 14.4. The summed E-state index contributed by atoms with van der Waals surface area (Å²) in [5.41, 5.74) is 2.08. The summed E-state index contributed by atoms with van der Waals surface area (Å²) in [4.78, 5) is 0. The van der Waals surface area contributed by atoms with Gasteiger partial charge in [0, 0.05) is 23.7 Å². The summed E-state index contributed by atoms with van der Waals surface area (Å²) in [6, 6.07) is 17.4. The summed E-state index contributed by atoms with van der Waals surface area (Å²) in [6.45, 7) is 1.40. The van der Waals surface area contributed by atoms with Crippen LogP contribution < -0.4 is 10.1 Å². The van der Waals surface area contributed by atoms with Crippen LogP contribution in [-0.2, 0) is 13.1 Å². The minimum Gasteiger partial charge on any atom is -0.478 e. The SMILES string of the molecule is N#CCOc1ccccc1CNCc1ccccc1Cl.